The lowest BCUT2D eigenvalue weighted by Gasteiger charge is -2.18. The van der Waals surface area contributed by atoms with E-state index in [2.05, 4.69) is 37.1 Å². The van der Waals surface area contributed by atoms with Crippen LogP contribution in [0.2, 0.25) is 0 Å². The van der Waals surface area contributed by atoms with Crippen molar-refractivity contribution >= 4 is 5.69 Å². The van der Waals surface area contributed by atoms with Crippen molar-refractivity contribution in [2.45, 2.75) is 38.8 Å². The number of rotatable bonds is 2. The first-order chi connectivity index (χ1) is 7.08. The number of fused-ring (bicyclic) bond motifs is 1. The Morgan fingerprint density at radius 3 is 2.93 bits per heavy atom. The Kier molecular flexibility index (Phi) is 2.70. The molecule has 2 atom stereocenters. The van der Waals surface area contributed by atoms with E-state index in [4.69, 9.17) is 0 Å². The molecule has 1 aliphatic rings. The highest BCUT2D eigenvalue weighted by Crippen LogP contribution is 2.31. The van der Waals surface area contributed by atoms with Gasteiger partial charge in [-0.3, -0.25) is 0 Å². The molecule has 0 saturated heterocycles. The Labute approximate surface area is 91.5 Å². The molecule has 1 heterocycles. The van der Waals surface area contributed by atoms with E-state index in [0.717, 1.165) is 12.8 Å². The minimum absolute atomic E-state index is 0.250. The van der Waals surface area contributed by atoms with E-state index >= 15 is 0 Å². The number of benzene rings is 1. The SMILES string of the molecule is CC(O)Cc1ccc2c(c1)CC(C)N2C. The lowest BCUT2D eigenvalue weighted by atomic mass is 10.0. The van der Waals surface area contributed by atoms with Gasteiger partial charge in [-0.1, -0.05) is 12.1 Å². The first kappa shape index (κ1) is 10.5. The van der Waals surface area contributed by atoms with Crippen molar-refractivity contribution < 1.29 is 5.11 Å². The molecule has 15 heavy (non-hydrogen) atoms. The first-order valence-corrected chi connectivity index (χ1v) is 5.60. The quantitative estimate of drug-likeness (QED) is 0.798. The van der Waals surface area contributed by atoms with E-state index in [9.17, 15) is 5.11 Å². The van der Waals surface area contributed by atoms with Gasteiger partial charge in [-0.2, -0.15) is 0 Å². The van der Waals surface area contributed by atoms with Crippen LogP contribution < -0.4 is 4.90 Å². The molecular weight excluding hydrogens is 186 g/mol. The highest BCUT2D eigenvalue weighted by atomic mass is 16.3. The fourth-order valence-corrected chi connectivity index (χ4v) is 2.31. The lowest BCUT2D eigenvalue weighted by Crippen LogP contribution is -2.23. The minimum Gasteiger partial charge on any atom is -0.393 e. The molecule has 2 nitrogen and oxygen atoms in total. The lowest BCUT2D eigenvalue weighted by molar-refractivity contribution is 0.195. The molecule has 0 aromatic heterocycles. The molecule has 0 spiro atoms. The minimum atomic E-state index is -0.250. The van der Waals surface area contributed by atoms with Gasteiger partial charge in [0.1, 0.15) is 0 Å². The summed E-state index contributed by atoms with van der Waals surface area (Å²) in [7, 11) is 2.14. The van der Waals surface area contributed by atoms with Gasteiger partial charge in [-0.05, 0) is 43.9 Å². The zero-order valence-electron chi connectivity index (χ0n) is 9.70. The van der Waals surface area contributed by atoms with Crippen LogP contribution in [-0.4, -0.2) is 24.3 Å². The first-order valence-electron chi connectivity index (χ1n) is 5.60. The van der Waals surface area contributed by atoms with Crippen LogP contribution >= 0.6 is 0 Å². The summed E-state index contributed by atoms with van der Waals surface area (Å²) in [6.07, 6.45) is 1.63. The van der Waals surface area contributed by atoms with Crippen LogP contribution in [0.4, 0.5) is 5.69 Å². The summed E-state index contributed by atoms with van der Waals surface area (Å²) in [6.45, 7) is 4.08. The average molecular weight is 205 g/mol. The Morgan fingerprint density at radius 1 is 1.53 bits per heavy atom. The third-order valence-electron chi connectivity index (χ3n) is 3.23. The molecular formula is C13H19NO. The van der Waals surface area contributed by atoms with Crippen molar-refractivity contribution in [3.63, 3.8) is 0 Å². The molecule has 0 amide bonds. The third-order valence-corrected chi connectivity index (χ3v) is 3.23. The van der Waals surface area contributed by atoms with Crippen molar-refractivity contribution in [1.82, 2.24) is 0 Å². The van der Waals surface area contributed by atoms with Crippen molar-refractivity contribution in [3.8, 4) is 0 Å². The Balaban J connectivity index is 2.25. The number of likely N-dealkylation sites (N-methyl/N-ethyl adjacent to an activating group) is 1. The summed E-state index contributed by atoms with van der Waals surface area (Å²) >= 11 is 0. The van der Waals surface area contributed by atoms with Gasteiger partial charge in [0.2, 0.25) is 0 Å². The standard InChI is InChI=1S/C13H19NO/c1-9-6-12-8-11(7-10(2)15)4-5-13(12)14(9)3/h4-5,8-10,15H,6-7H2,1-3H3. The van der Waals surface area contributed by atoms with Crippen LogP contribution in [-0.2, 0) is 12.8 Å². The predicted octanol–water partition coefficient (Wildman–Crippen LogP) is 1.99. The van der Waals surface area contributed by atoms with Crippen LogP contribution in [0.25, 0.3) is 0 Å². The summed E-state index contributed by atoms with van der Waals surface area (Å²) in [6, 6.07) is 7.14. The third kappa shape index (κ3) is 2.00. The Bertz CT molecular complexity index is 360. The topological polar surface area (TPSA) is 23.5 Å². The molecule has 82 valence electrons. The summed E-state index contributed by atoms with van der Waals surface area (Å²) in [5, 5.41) is 9.35. The molecule has 0 radical (unpaired) electrons. The maximum Gasteiger partial charge on any atom is 0.0552 e. The van der Waals surface area contributed by atoms with Crippen LogP contribution in [0.15, 0.2) is 18.2 Å². The predicted molar refractivity (Wildman–Crippen MR) is 63.4 cm³/mol. The molecule has 1 aromatic carbocycles. The monoisotopic (exact) mass is 205 g/mol. The molecule has 1 aromatic rings. The van der Waals surface area contributed by atoms with Crippen molar-refractivity contribution in [2.75, 3.05) is 11.9 Å². The maximum atomic E-state index is 9.35. The molecule has 1 N–H and O–H groups in total. The molecule has 0 bridgehead atoms. The van der Waals surface area contributed by atoms with Gasteiger partial charge >= 0.3 is 0 Å². The molecule has 2 unspecified atom stereocenters. The zero-order chi connectivity index (χ0) is 11.0. The van der Waals surface area contributed by atoms with E-state index in [0.29, 0.717) is 6.04 Å². The summed E-state index contributed by atoms with van der Waals surface area (Å²) < 4.78 is 0. The number of anilines is 1. The van der Waals surface area contributed by atoms with Gasteiger partial charge in [0, 0.05) is 18.8 Å². The number of aliphatic hydroxyl groups is 1. The number of hydrogen-bond acceptors (Lipinski definition) is 2. The Hall–Kier alpha value is -1.02. The summed E-state index contributed by atoms with van der Waals surface area (Å²) in [4.78, 5) is 2.32. The molecule has 1 aliphatic heterocycles. The number of hydrogen-bond donors (Lipinski definition) is 1. The maximum absolute atomic E-state index is 9.35. The van der Waals surface area contributed by atoms with E-state index < -0.39 is 0 Å². The van der Waals surface area contributed by atoms with Gasteiger partial charge in [0.25, 0.3) is 0 Å². The second-order valence-electron chi connectivity index (χ2n) is 4.68. The zero-order valence-corrected chi connectivity index (χ0v) is 9.70. The molecule has 2 heteroatoms. The van der Waals surface area contributed by atoms with Gasteiger partial charge in [-0.25, -0.2) is 0 Å². The second kappa shape index (κ2) is 3.86. The molecule has 0 fully saturated rings. The fourth-order valence-electron chi connectivity index (χ4n) is 2.31. The smallest absolute Gasteiger partial charge is 0.0552 e. The highest BCUT2D eigenvalue weighted by Gasteiger charge is 2.22. The highest BCUT2D eigenvalue weighted by molar-refractivity contribution is 5.59. The molecule has 2 rings (SSSR count). The Morgan fingerprint density at radius 2 is 2.27 bits per heavy atom. The van der Waals surface area contributed by atoms with Crippen molar-refractivity contribution in [2.24, 2.45) is 0 Å². The van der Waals surface area contributed by atoms with Gasteiger partial charge in [0.15, 0.2) is 0 Å². The molecule has 0 aliphatic carbocycles. The fraction of sp³-hybridized carbons (Fsp3) is 0.538. The normalized spacial score (nSPS) is 21.6. The van der Waals surface area contributed by atoms with Crippen LogP contribution in [0.3, 0.4) is 0 Å². The van der Waals surface area contributed by atoms with Gasteiger partial charge in [0.05, 0.1) is 6.10 Å². The van der Waals surface area contributed by atoms with Gasteiger partial charge in [-0.15, -0.1) is 0 Å². The molecule has 0 saturated carbocycles. The number of nitrogens with zero attached hydrogens (tertiary/aromatic N) is 1. The summed E-state index contributed by atoms with van der Waals surface area (Å²) in [5.74, 6) is 0. The van der Waals surface area contributed by atoms with Crippen LogP contribution in [0.5, 0.6) is 0 Å². The van der Waals surface area contributed by atoms with E-state index in [1.54, 1.807) is 0 Å². The van der Waals surface area contributed by atoms with Crippen molar-refractivity contribution in [1.29, 1.82) is 0 Å². The average Bonchev–Trinajstić information content (AvgIpc) is 2.41. The van der Waals surface area contributed by atoms with Crippen molar-refractivity contribution in [3.05, 3.63) is 29.3 Å². The van der Waals surface area contributed by atoms with E-state index in [1.807, 2.05) is 6.92 Å². The van der Waals surface area contributed by atoms with E-state index in [1.165, 1.54) is 16.8 Å². The van der Waals surface area contributed by atoms with E-state index in [-0.39, 0.29) is 6.10 Å². The van der Waals surface area contributed by atoms with Crippen LogP contribution in [0.1, 0.15) is 25.0 Å². The summed E-state index contributed by atoms with van der Waals surface area (Å²) in [5.41, 5.74) is 4.01. The largest absolute Gasteiger partial charge is 0.393 e. The number of aliphatic hydroxyl groups excluding tert-OH is 1. The van der Waals surface area contributed by atoms with Gasteiger partial charge < -0.3 is 10.0 Å². The van der Waals surface area contributed by atoms with Crippen LogP contribution in [0, 0.1) is 0 Å². The second-order valence-corrected chi connectivity index (χ2v) is 4.68.